The summed E-state index contributed by atoms with van der Waals surface area (Å²) >= 11 is 0. The predicted octanol–water partition coefficient (Wildman–Crippen LogP) is 3.24. The molecule has 3 atom stereocenters. The number of hydrogen-bond acceptors (Lipinski definition) is 2. The van der Waals surface area contributed by atoms with Gasteiger partial charge in [-0.25, -0.2) is 0 Å². The highest BCUT2D eigenvalue weighted by molar-refractivity contribution is 5.07. The van der Waals surface area contributed by atoms with Gasteiger partial charge in [-0.1, -0.05) is 32.6 Å². The minimum atomic E-state index is 0.347. The van der Waals surface area contributed by atoms with E-state index < -0.39 is 0 Å². The molecule has 2 rings (SSSR count). The highest BCUT2D eigenvalue weighted by atomic mass is 16.5. The molecule has 0 aromatic rings. The fourth-order valence-electron chi connectivity index (χ4n) is 3.43. The lowest BCUT2D eigenvalue weighted by Crippen LogP contribution is -2.62. The van der Waals surface area contributed by atoms with Gasteiger partial charge < -0.3 is 10.5 Å². The molecule has 2 N–H and O–H groups in total. The molecule has 3 unspecified atom stereocenters. The number of nitrogens with two attached hydrogens (primary N) is 1. The van der Waals surface area contributed by atoms with Gasteiger partial charge >= 0.3 is 0 Å². The lowest BCUT2D eigenvalue weighted by atomic mass is 9.58. The Hall–Kier alpha value is -0.0800. The summed E-state index contributed by atoms with van der Waals surface area (Å²) in [6.07, 6.45) is 11.2. The third kappa shape index (κ3) is 2.14. The van der Waals surface area contributed by atoms with Gasteiger partial charge in [-0.05, 0) is 32.6 Å². The van der Waals surface area contributed by atoms with Crippen LogP contribution < -0.4 is 5.73 Å². The van der Waals surface area contributed by atoms with Crippen LogP contribution in [-0.2, 0) is 4.74 Å². The van der Waals surface area contributed by atoms with Gasteiger partial charge in [-0.3, -0.25) is 0 Å². The Morgan fingerprint density at radius 2 is 1.88 bits per heavy atom. The van der Waals surface area contributed by atoms with Gasteiger partial charge in [0, 0.05) is 11.5 Å². The van der Waals surface area contributed by atoms with Crippen molar-refractivity contribution in [2.24, 2.45) is 11.1 Å². The minimum absolute atomic E-state index is 0.347. The summed E-state index contributed by atoms with van der Waals surface area (Å²) in [4.78, 5) is 0. The molecule has 0 bridgehead atoms. The molecular formula is C14H27NO. The van der Waals surface area contributed by atoms with Crippen molar-refractivity contribution in [1.29, 1.82) is 0 Å². The first kappa shape index (κ1) is 12.4. The Morgan fingerprint density at radius 3 is 2.38 bits per heavy atom. The molecule has 0 heterocycles. The second kappa shape index (κ2) is 5.05. The Morgan fingerprint density at radius 1 is 1.25 bits per heavy atom. The molecule has 2 saturated carbocycles. The number of ether oxygens (including phenoxy) is 1. The van der Waals surface area contributed by atoms with Crippen molar-refractivity contribution in [2.75, 3.05) is 0 Å². The van der Waals surface area contributed by atoms with Crippen LogP contribution in [0.4, 0.5) is 0 Å². The Kier molecular flexibility index (Phi) is 3.91. The first-order valence-electron chi connectivity index (χ1n) is 7.10. The summed E-state index contributed by atoms with van der Waals surface area (Å²) in [5.74, 6) is 0. The lowest BCUT2D eigenvalue weighted by Gasteiger charge is -2.55. The van der Waals surface area contributed by atoms with E-state index in [1.165, 1.54) is 38.5 Å². The molecule has 0 aromatic carbocycles. The van der Waals surface area contributed by atoms with E-state index >= 15 is 0 Å². The van der Waals surface area contributed by atoms with E-state index in [1.807, 2.05) is 0 Å². The topological polar surface area (TPSA) is 35.2 Å². The number of hydrogen-bond donors (Lipinski definition) is 1. The average molecular weight is 225 g/mol. The Balaban J connectivity index is 1.98. The van der Waals surface area contributed by atoms with Crippen LogP contribution in [0.5, 0.6) is 0 Å². The largest absolute Gasteiger partial charge is 0.375 e. The maximum atomic E-state index is 6.29. The smallest absolute Gasteiger partial charge is 0.0664 e. The van der Waals surface area contributed by atoms with Crippen molar-refractivity contribution in [3.8, 4) is 0 Å². The zero-order valence-electron chi connectivity index (χ0n) is 10.9. The predicted molar refractivity (Wildman–Crippen MR) is 67.4 cm³/mol. The molecule has 16 heavy (non-hydrogen) atoms. The van der Waals surface area contributed by atoms with Crippen molar-refractivity contribution in [1.82, 2.24) is 0 Å². The van der Waals surface area contributed by atoms with Crippen LogP contribution in [0.3, 0.4) is 0 Å². The summed E-state index contributed by atoms with van der Waals surface area (Å²) in [5, 5.41) is 0. The molecule has 94 valence electrons. The normalized spacial score (nSPS) is 35.4. The maximum absolute atomic E-state index is 6.29. The van der Waals surface area contributed by atoms with Gasteiger partial charge in [0.15, 0.2) is 0 Å². The third-order valence-corrected chi connectivity index (χ3v) is 4.85. The van der Waals surface area contributed by atoms with Crippen LogP contribution in [-0.4, -0.2) is 18.2 Å². The van der Waals surface area contributed by atoms with Crippen molar-refractivity contribution in [2.45, 2.75) is 83.5 Å². The van der Waals surface area contributed by atoms with Crippen molar-refractivity contribution >= 4 is 0 Å². The van der Waals surface area contributed by atoms with Crippen LogP contribution in [0.25, 0.3) is 0 Å². The van der Waals surface area contributed by atoms with E-state index in [9.17, 15) is 0 Å². The molecule has 2 aliphatic carbocycles. The summed E-state index contributed by atoms with van der Waals surface area (Å²) < 4.78 is 6.17. The van der Waals surface area contributed by atoms with Crippen LogP contribution in [0.1, 0.15) is 65.2 Å². The molecule has 0 aromatic heterocycles. The highest BCUT2D eigenvalue weighted by Gasteiger charge is 2.53. The molecule has 0 saturated heterocycles. The summed E-state index contributed by atoms with van der Waals surface area (Å²) in [7, 11) is 0. The monoisotopic (exact) mass is 225 g/mol. The second-order valence-electron chi connectivity index (χ2n) is 5.83. The zero-order valence-corrected chi connectivity index (χ0v) is 10.9. The fraction of sp³-hybridized carbons (Fsp3) is 1.00. The van der Waals surface area contributed by atoms with Gasteiger partial charge in [0.05, 0.1) is 12.2 Å². The Bertz CT molecular complexity index is 221. The van der Waals surface area contributed by atoms with Crippen molar-refractivity contribution < 1.29 is 4.74 Å². The molecule has 2 aliphatic rings. The zero-order chi connectivity index (χ0) is 11.6. The van der Waals surface area contributed by atoms with E-state index in [0.717, 1.165) is 12.8 Å². The third-order valence-electron chi connectivity index (χ3n) is 4.85. The summed E-state index contributed by atoms with van der Waals surface area (Å²) in [6.45, 7) is 4.39. The molecule has 0 radical (unpaired) electrons. The fourth-order valence-corrected chi connectivity index (χ4v) is 3.43. The van der Waals surface area contributed by atoms with E-state index in [2.05, 4.69) is 13.8 Å². The second-order valence-corrected chi connectivity index (χ2v) is 5.83. The van der Waals surface area contributed by atoms with Crippen LogP contribution in [0.15, 0.2) is 0 Å². The van der Waals surface area contributed by atoms with E-state index in [4.69, 9.17) is 10.5 Å². The highest BCUT2D eigenvalue weighted by Crippen LogP contribution is 2.51. The van der Waals surface area contributed by atoms with Crippen LogP contribution in [0, 0.1) is 5.41 Å². The van der Waals surface area contributed by atoms with Crippen molar-refractivity contribution in [3.63, 3.8) is 0 Å². The summed E-state index contributed by atoms with van der Waals surface area (Å²) in [6, 6.07) is 0.402. The Labute approximate surface area is 99.9 Å². The standard InChI is InChI=1S/C14H27NO/c1-3-11(2)16-13-10-12(15)14(13)8-6-4-5-7-9-14/h11-13H,3-10,15H2,1-2H3. The average Bonchev–Trinajstić information content (AvgIpc) is 2.55. The molecule has 2 fully saturated rings. The van der Waals surface area contributed by atoms with Crippen LogP contribution >= 0.6 is 0 Å². The van der Waals surface area contributed by atoms with E-state index in [0.29, 0.717) is 23.7 Å². The first-order valence-corrected chi connectivity index (χ1v) is 7.10. The van der Waals surface area contributed by atoms with E-state index in [1.54, 1.807) is 0 Å². The quantitative estimate of drug-likeness (QED) is 0.800. The van der Waals surface area contributed by atoms with Crippen molar-refractivity contribution in [3.05, 3.63) is 0 Å². The molecule has 2 nitrogen and oxygen atoms in total. The van der Waals surface area contributed by atoms with Gasteiger partial charge in [-0.15, -0.1) is 0 Å². The first-order chi connectivity index (χ1) is 7.69. The van der Waals surface area contributed by atoms with E-state index in [-0.39, 0.29) is 0 Å². The molecular weight excluding hydrogens is 198 g/mol. The van der Waals surface area contributed by atoms with Gasteiger partial charge in [-0.2, -0.15) is 0 Å². The molecule has 2 heteroatoms. The van der Waals surface area contributed by atoms with Gasteiger partial charge in [0.2, 0.25) is 0 Å². The molecule has 1 spiro atoms. The minimum Gasteiger partial charge on any atom is -0.375 e. The lowest BCUT2D eigenvalue weighted by molar-refractivity contribution is -0.157. The maximum Gasteiger partial charge on any atom is 0.0664 e. The summed E-state index contributed by atoms with van der Waals surface area (Å²) in [5.41, 5.74) is 6.63. The molecule has 0 aliphatic heterocycles. The van der Waals surface area contributed by atoms with Gasteiger partial charge in [0.1, 0.15) is 0 Å². The number of rotatable bonds is 3. The molecule has 0 amide bonds. The van der Waals surface area contributed by atoms with Crippen LogP contribution in [0.2, 0.25) is 0 Å². The van der Waals surface area contributed by atoms with Gasteiger partial charge in [0.25, 0.3) is 0 Å². The SMILES string of the molecule is CCC(C)OC1CC(N)C12CCCCCC2.